The molecule has 0 aliphatic carbocycles. The van der Waals surface area contributed by atoms with E-state index in [9.17, 15) is 29.3 Å². The average Bonchev–Trinajstić information content (AvgIpc) is 2.99. The highest BCUT2D eigenvalue weighted by Crippen LogP contribution is 2.30. The third-order valence-electron chi connectivity index (χ3n) is 4.80. The number of nitrogens with zero attached hydrogens (tertiary/aromatic N) is 2. The summed E-state index contributed by atoms with van der Waals surface area (Å²) in [5.41, 5.74) is -0.182. The summed E-state index contributed by atoms with van der Waals surface area (Å²) in [7, 11) is 0. The first kappa shape index (κ1) is 21.6. The summed E-state index contributed by atoms with van der Waals surface area (Å²) in [6, 6.07) is 12.5. The van der Waals surface area contributed by atoms with Crippen molar-refractivity contribution in [3.8, 4) is 0 Å². The monoisotopic (exact) mass is 425 g/mol. The summed E-state index contributed by atoms with van der Waals surface area (Å²) in [6.45, 7) is 2.36. The highest BCUT2D eigenvalue weighted by Gasteiger charge is 2.42. The number of ether oxygens (including phenoxy) is 1. The van der Waals surface area contributed by atoms with Gasteiger partial charge in [-0.3, -0.25) is 34.2 Å². The number of benzene rings is 2. The van der Waals surface area contributed by atoms with Crippen LogP contribution in [-0.2, 0) is 14.3 Å². The number of hydrogen-bond acceptors (Lipinski definition) is 7. The van der Waals surface area contributed by atoms with Gasteiger partial charge in [-0.25, -0.2) is 0 Å². The summed E-state index contributed by atoms with van der Waals surface area (Å²) < 4.78 is 5.05. The molecule has 0 fully saturated rings. The molecule has 0 saturated carbocycles. The van der Waals surface area contributed by atoms with Gasteiger partial charge in [-0.05, 0) is 25.5 Å². The number of carbonyl (C=O) groups is 4. The number of amides is 3. The SMILES string of the molecule is CC(OC(=O)CN1C(=O)c2cccc([N+](=O)[O-])c2C1=O)C(=O)NC(C)c1ccccc1. The lowest BCUT2D eigenvalue weighted by Crippen LogP contribution is -2.41. The third kappa shape index (κ3) is 4.42. The van der Waals surface area contributed by atoms with E-state index in [4.69, 9.17) is 4.74 Å². The molecule has 1 aliphatic rings. The molecule has 0 saturated heterocycles. The van der Waals surface area contributed by atoms with E-state index in [0.717, 1.165) is 11.6 Å². The second-order valence-electron chi connectivity index (χ2n) is 6.93. The molecular formula is C21H19N3O7. The van der Waals surface area contributed by atoms with Crippen LogP contribution in [0.5, 0.6) is 0 Å². The van der Waals surface area contributed by atoms with Crippen molar-refractivity contribution in [1.82, 2.24) is 10.2 Å². The Morgan fingerprint density at radius 1 is 1.06 bits per heavy atom. The van der Waals surface area contributed by atoms with Gasteiger partial charge >= 0.3 is 5.97 Å². The predicted octanol–water partition coefficient (Wildman–Crippen LogP) is 2.00. The van der Waals surface area contributed by atoms with Crippen molar-refractivity contribution in [2.75, 3.05) is 6.54 Å². The molecule has 2 aromatic carbocycles. The van der Waals surface area contributed by atoms with E-state index in [1.54, 1.807) is 6.92 Å². The van der Waals surface area contributed by atoms with Gasteiger partial charge in [0, 0.05) is 6.07 Å². The Hall–Kier alpha value is -4.08. The van der Waals surface area contributed by atoms with Crippen LogP contribution < -0.4 is 5.32 Å². The molecule has 1 N–H and O–H groups in total. The van der Waals surface area contributed by atoms with Crippen LogP contribution in [0, 0.1) is 10.1 Å². The Bertz CT molecular complexity index is 1070. The first-order valence-electron chi connectivity index (χ1n) is 9.39. The molecule has 2 aromatic rings. The highest BCUT2D eigenvalue weighted by molar-refractivity contribution is 6.24. The van der Waals surface area contributed by atoms with Gasteiger partial charge in [0.15, 0.2) is 6.10 Å². The Labute approximate surface area is 176 Å². The lowest BCUT2D eigenvalue weighted by Gasteiger charge is -2.19. The number of esters is 1. The maximum absolute atomic E-state index is 12.5. The summed E-state index contributed by atoms with van der Waals surface area (Å²) in [6.07, 6.45) is -1.18. The third-order valence-corrected chi connectivity index (χ3v) is 4.80. The highest BCUT2D eigenvalue weighted by atomic mass is 16.6. The first-order chi connectivity index (χ1) is 14.7. The molecule has 160 valence electrons. The number of nitrogens with one attached hydrogen (secondary N) is 1. The number of fused-ring (bicyclic) bond motifs is 1. The van der Waals surface area contributed by atoms with E-state index >= 15 is 0 Å². The number of imide groups is 1. The number of carbonyl (C=O) groups excluding carboxylic acids is 4. The van der Waals surface area contributed by atoms with Gasteiger partial charge in [-0.1, -0.05) is 36.4 Å². The molecule has 0 bridgehead atoms. The molecule has 3 amide bonds. The van der Waals surface area contributed by atoms with Gasteiger partial charge in [0.2, 0.25) is 0 Å². The van der Waals surface area contributed by atoms with E-state index in [1.807, 2.05) is 30.3 Å². The molecule has 10 heteroatoms. The largest absolute Gasteiger partial charge is 0.451 e. The van der Waals surface area contributed by atoms with Crippen molar-refractivity contribution < 1.29 is 28.8 Å². The fraction of sp³-hybridized carbons (Fsp3) is 0.238. The van der Waals surface area contributed by atoms with Crippen molar-refractivity contribution in [1.29, 1.82) is 0 Å². The smallest absolute Gasteiger partial charge is 0.326 e. The van der Waals surface area contributed by atoms with Gasteiger partial charge in [0.05, 0.1) is 16.5 Å². The van der Waals surface area contributed by atoms with E-state index in [2.05, 4.69) is 5.32 Å². The molecule has 1 aliphatic heterocycles. The maximum Gasteiger partial charge on any atom is 0.326 e. The Morgan fingerprint density at radius 2 is 1.74 bits per heavy atom. The minimum Gasteiger partial charge on any atom is -0.451 e. The van der Waals surface area contributed by atoms with Crippen molar-refractivity contribution in [2.45, 2.75) is 26.0 Å². The first-order valence-corrected chi connectivity index (χ1v) is 9.39. The molecule has 2 atom stereocenters. The van der Waals surface area contributed by atoms with Crippen molar-refractivity contribution >= 4 is 29.4 Å². The molecule has 0 aromatic heterocycles. The van der Waals surface area contributed by atoms with Crippen LogP contribution in [0.2, 0.25) is 0 Å². The van der Waals surface area contributed by atoms with Crippen molar-refractivity contribution in [2.24, 2.45) is 0 Å². The zero-order valence-corrected chi connectivity index (χ0v) is 16.7. The lowest BCUT2D eigenvalue weighted by molar-refractivity contribution is -0.385. The Balaban J connectivity index is 1.62. The minimum absolute atomic E-state index is 0.158. The van der Waals surface area contributed by atoms with Crippen molar-refractivity contribution in [3.05, 3.63) is 75.3 Å². The quantitative estimate of drug-likeness (QED) is 0.310. The summed E-state index contributed by atoms with van der Waals surface area (Å²) >= 11 is 0. The zero-order chi connectivity index (χ0) is 22.7. The van der Waals surface area contributed by atoms with E-state index < -0.39 is 47.0 Å². The number of rotatable bonds is 7. The van der Waals surface area contributed by atoms with E-state index in [0.29, 0.717) is 4.90 Å². The summed E-state index contributed by atoms with van der Waals surface area (Å²) in [5.74, 6) is -3.34. The topological polar surface area (TPSA) is 136 Å². The molecule has 3 rings (SSSR count). The van der Waals surface area contributed by atoms with Crippen LogP contribution in [-0.4, -0.2) is 46.2 Å². The fourth-order valence-electron chi connectivity index (χ4n) is 3.18. The van der Waals surface area contributed by atoms with Gasteiger partial charge < -0.3 is 10.1 Å². The molecule has 31 heavy (non-hydrogen) atoms. The van der Waals surface area contributed by atoms with Gasteiger partial charge in [0.25, 0.3) is 23.4 Å². The van der Waals surface area contributed by atoms with E-state index in [1.165, 1.54) is 19.1 Å². The maximum atomic E-state index is 12.5. The second-order valence-corrected chi connectivity index (χ2v) is 6.93. The molecule has 10 nitrogen and oxygen atoms in total. The van der Waals surface area contributed by atoms with Crippen molar-refractivity contribution in [3.63, 3.8) is 0 Å². The average molecular weight is 425 g/mol. The lowest BCUT2D eigenvalue weighted by atomic mass is 10.1. The second kappa shape index (κ2) is 8.74. The summed E-state index contributed by atoms with van der Waals surface area (Å²) in [4.78, 5) is 60.4. The molecular weight excluding hydrogens is 406 g/mol. The van der Waals surface area contributed by atoms with Crippen LogP contribution >= 0.6 is 0 Å². The van der Waals surface area contributed by atoms with Crippen LogP contribution in [0.4, 0.5) is 5.69 Å². The predicted molar refractivity (Wildman–Crippen MR) is 107 cm³/mol. The van der Waals surface area contributed by atoms with E-state index in [-0.39, 0.29) is 17.2 Å². The van der Waals surface area contributed by atoms with Crippen LogP contribution in [0.25, 0.3) is 0 Å². The number of nitro benzene ring substituents is 1. The Kier molecular flexibility index (Phi) is 6.10. The number of hydrogen-bond donors (Lipinski definition) is 1. The van der Waals surface area contributed by atoms with Gasteiger partial charge in [-0.2, -0.15) is 0 Å². The number of nitro groups is 1. The summed E-state index contributed by atoms with van der Waals surface area (Å²) in [5, 5.41) is 13.8. The molecule has 0 spiro atoms. The molecule has 0 radical (unpaired) electrons. The zero-order valence-electron chi connectivity index (χ0n) is 16.7. The molecule has 2 unspecified atom stereocenters. The standard InChI is InChI=1S/C21H19N3O7/c1-12(14-7-4-3-5-8-14)22-19(26)13(2)31-17(25)11-23-20(27)15-9-6-10-16(24(29)30)18(15)21(23)28/h3-10,12-13H,11H2,1-2H3,(H,22,26). The fourth-order valence-corrected chi connectivity index (χ4v) is 3.18. The van der Waals surface area contributed by atoms with Crippen LogP contribution in [0.1, 0.15) is 46.2 Å². The minimum atomic E-state index is -1.18. The van der Waals surface area contributed by atoms with Gasteiger partial charge in [0.1, 0.15) is 12.1 Å². The normalized spacial score (nSPS) is 14.6. The van der Waals surface area contributed by atoms with Gasteiger partial charge in [-0.15, -0.1) is 0 Å². The van der Waals surface area contributed by atoms with Crippen LogP contribution in [0.3, 0.4) is 0 Å². The Morgan fingerprint density at radius 3 is 2.39 bits per heavy atom. The van der Waals surface area contributed by atoms with Crippen LogP contribution in [0.15, 0.2) is 48.5 Å². The molecule has 1 heterocycles.